The Bertz CT molecular complexity index is 357. The summed E-state index contributed by atoms with van der Waals surface area (Å²) >= 11 is 0. The van der Waals surface area contributed by atoms with E-state index in [9.17, 15) is 0 Å². The molecule has 17 heavy (non-hydrogen) atoms. The second-order valence-corrected chi connectivity index (χ2v) is 4.35. The molecule has 2 atom stereocenters. The molecule has 0 bridgehead atoms. The fraction of sp³-hybridized carbons (Fsp3) is 0.615. The molecule has 94 valence electrons. The molecule has 1 fully saturated rings. The molecule has 0 aromatic carbocycles. The SMILES string of the molecule is CCOc1cccc(OC2CCCCC2N)n1. The molecule has 0 aliphatic heterocycles. The average molecular weight is 236 g/mol. The third kappa shape index (κ3) is 3.33. The summed E-state index contributed by atoms with van der Waals surface area (Å²) in [5.74, 6) is 1.22. The van der Waals surface area contributed by atoms with Crippen LogP contribution in [0.2, 0.25) is 0 Å². The summed E-state index contributed by atoms with van der Waals surface area (Å²) in [6.45, 7) is 2.55. The van der Waals surface area contributed by atoms with Crippen LogP contribution in [0.5, 0.6) is 11.8 Å². The minimum atomic E-state index is 0.0909. The Morgan fingerprint density at radius 3 is 2.82 bits per heavy atom. The highest BCUT2D eigenvalue weighted by Crippen LogP contribution is 2.22. The van der Waals surface area contributed by atoms with Crippen molar-refractivity contribution in [2.24, 2.45) is 5.73 Å². The smallest absolute Gasteiger partial charge is 0.216 e. The van der Waals surface area contributed by atoms with Crippen LogP contribution >= 0.6 is 0 Å². The van der Waals surface area contributed by atoms with Gasteiger partial charge in [0.2, 0.25) is 11.8 Å². The normalized spacial score (nSPS) is 24.4. The third-order valence-corrected chi connectivity index (χ3v) is 3.02. The molecule has 1 saturated carbocycles. The fourth-order valence-corrected chi connectivity index (χ4v) is 2.12. The van der Waals surface area contributed by atoms with E-state index in [1.807, 2.05) is 25.1 Å². The summed E-state index contributed by atoms with van der Waals surface area (Å²) in [4.78, 5) is 4.29. The molecule has 0 radical (unpaired) electrons. The van der Waals surface area contributed by atoms with Crippen LogP contribution in [0.1, 0.15) is 32.6 Å². The predicted octanol–water partition coefficient (Wildman–Crippen LogP) is 2.13. The lowest BCUT2D eigenvalue weighted by atomic mass is 9.93. The van der Waals surface area contributed by atoms with E-state index in [-0.39, 0.29) is 12.1 Å². The van der Waals surface area contributed by atoms with Gasteiger partial charge >= 0.3 is 0 Å². The van der Waals surface area contributed by atoms with Crippen LogP contribution in [0.15, 0.2) is 18.2 Å². The van der Waals surface area contributed by atoms with Crippen molar-refractivity contribution in [3.63, 3.8) is 0 Å². The van der Waals surface area contributed by atoms with Gasteiger partial charge in [-0.25, -0.2) is 0 Å². The number of hydrogen-bond donors (Lipinski definition) is 1. The number of nitrogens with two attached hydrogens (primary N) is 1. The van der Waals surface area contributed by atoms with Gasteiger partial charge in [0.1, 0.15) is 6.10 Å². The lowest BCUT2D eigenvalue weighted by Crippen LogP contribution is -2.41. The lowest BCUT2D eigenvalue weighted by Gasteiger charge is -2.28. The van der Waals surface area contributed by atoms with Gasteiger partial charge < -0.3 is 15.2 Å². The van der Waals surface area contributed by atoms with Gasteiger partial charge in [0.05, 0.1) is 6.61 Å². The Hall–Kier alpha value is -1.29. The Morgan fingerprint density at radius 1 is 1.29 bits per heavy atom. The highest BCUT2D eigenvalue weighted by molar-refractivity contribution is 5.20. The standard InChI is InChI=1S/C13H20N2O2/c1-2-16-12-8-5-9-13(15-12)17-11-7-4-3-6-10(11)14/h5,8-11H,2-4,6-7,14H2,1H3. The van der Waals surface area contributed by atoms with E-state index in [1.165, 1.54) is 12.8 Å². The summed E-state index contributed by atoms with van der Waals surface area (Å²) in [5.41, 5.74) is 6.04. The zero-order valence-electron chi connectivity index (χ0n) is 10.3. The van der Waals surface area contributed by atoms with Gasteiger partial charge in [0.15, 0.2) is 0 Å². The summed E-state index contributed by atoms with van der Waals surface area (Å²) in [6, 6.07) is 5.70. The van der Waals surface area contributed by atoms with Crippen LogP contribution in [0.4, 0.5) is 0 Å². The van der Waals surface area contributed by atoms with Crippen molar-refractivity contribution in [3.05, 3.63) is 18.2 Å². The van der Waals surface area contributed by atoms with Crippen molar-refractivity contribution >= 4 is 0 Å². The van der Waals surface area contributed by atoms with Crippen molar-refractivity contribution in [2.75, 3.05) is 6.61 Å². The van der Waals surface area contributed by atoms with Crippen LogP contribution in [0.25, 0.3) is 0 Å². The van der Waals surface area contributed by atoms with Crippen molar-refractivity contribution in [1.82, 2.24) is 4.98 Å². The quantitative estimate of drug-likeness (QED) is 0.870. The Morgan fingerprint density at radius 2 is 2.06 bits per heavy atom. The monoisotopic (exact) mass is 236 g/mol. The molecular formula is C13H20N2O2. The third-order valence-electron chi connectivity index (χ3n) is 3.02. The number of nitrogens with zero attached hydrogens (tertiary/aromatic N) is 1. The first-order chi connectivity index (χ1) is 8.29. The molecule has 2 N–H and O–H groups in total. The van der Waals surface area contributed by atoms with Crippen molar-refractivity contribution in [2.45, 2.75) is 44.8 Å². The molecule has 1 aliphatic carbocycles. The van der Waals surface area contributed by atoms with Gasteiger partial charge in [0.25, 0.3) is 0 Å². The van der Waals surface area contributed by atoms with E-state index in [0.29, 0.717) is 18.4 Å². The van der Waals surface area contributed by atoms with Crippen LogP contribution in [-0.2, 0) is 0 Å². The second-order valence-electron chi connectivity index (χ2n) is 4.35. The van der Waals surface area contributed by atoms with E-state index in [4.69, 9.17) is 15.2 Å². The number of rotatable bonds is 4. The lowest BCUT2D eigenvalue weighted by molar-refractivity contribution is 0.125. The summed E-state index contributed by atoms with van der Waals surface area (Å²) in [7, 11) is 0. The summed E-state index contributed by atoms with van der Waals surface area (Å²) in [6.07, 6.45) is 4.53. The summed E-state index contributed by atoms with van der Waals surface area (Å²) < 4.78 is 11.2. The molecule has 2 rings (SSSR count). The van der Waals surface area contributed by atoms with Gasteiger partial charge in [-0.2, -0.15) is 4.98 Å². The average Bonchev–Trinajstić information content (AvgIpc) is 2.33. The molecule has 1 aliphatic rings. The van der Waals surface area contributed by atoms with Crippen LogP contribution in [0, 0.1) is 0 Å². The van der Waals surface area contributed by atoms with Gasteiger partial charge in [-0.3, -0.25) is 0 Å². The topological polar surface area (TPSA) is 57.4 Å². The van der Waals surface area contributed by atoms with E-state index in [0.717, 1.165) is 12.8 Å². The van der Waals surface area contributed by atoms with Crippen LogP contribution < -0.4 is 15.2 Å². The first-order valence-corrected chi connectivity index (χ1v) is 6.31. The zero-order valence-corrected chi connectivity index (χ0v) is 10.3. The molecule has 4 heteroatoms. The Balaban J connectivity index is 1.99. The maximum Gasteiger partial charge on any atom is 0.216 e. The van der Waals surface area contributed by atoms with Crippen molar-refractivity contribution < 1.29 is 9.47 Å². The minimum Gasteiger partial charge on any atom is -0.478 e. The van der Waals surface area contributed by atoms with Crippen LogP contribution in [0.3, 0.4) is 0 Å². The number of pyridine rings is 1. The first-order valence-electron chi connectivity index (χ1n) is 6.31. The molecule has 1 aromatic heterocycles. The van der Waals surface area contributed by atoms with Crippen molar-refractivity contribution in [1.29, 1.82) is 0 Å². The molecule has 0 saturated heterocycles. The van der Waals surface area contributed by atoms with E-state index >= 15 is 0 Å². The highest BCUT2D eigenvalue weighted by atomic mass is 16.5. The molecule has 0 amide bonds. The zero-order chi connectivity index (χ0) is 12.1. The fourth-order valence-electron chi connectivity index (χ4n) is 2.12. The number of ether oxygens (including phenoxy) is 2. The number of hydrogen-bond acceptors (Lipinski definition) is 4. The largest absolute Gasteiger partial charge is 0.478 e. The van der Waals surface area contributed by atoms with E-state index in [1.54, 1.807) is 0 Å². The first kappa shape index (κ1) is 12.2. The summed E-state index contributed by atoms with van der Waals surface area (Å²) in [5, 5.41) is 0. The van der Waals surface area contributed by atoms with Crippen molar-refractivity contribution in [3.8, 4) is 11.8 Å². The molecule has 1 heterocycles. The number of aromatic nitrogens is 1. The maximum atomic E-state index is 6.04. The van der Waals surface area contributed by atoms with Crippen LogP contribution in [-0.4, -0.2) is 23.7 Å². The van der Waals surface area contributed by atoms with E-state index < -0.39 is 0 Å². The molecule has 1 aromatic rings. The highest BCUT2D eigenvalue weighted by Gasteiger charge is 2.23. The van der Waals surface area contributed by atoms with Gasteiger partial charge in [-0.15, -0.1) is 0 Å². The molecule has 0 spiro atoms. The maximum absolute atomic E-state index is 6.04. The Kier molecular flexibility index (Phi) is 4.20. The van der Waals surface area contributed by atoms with Gasteiger partial charge in [0, 0.05) is 18.2 Å². The van der Waals surface area contributed by atoms with Gasteiger partial charge in [-0.1, -0.05) is 12.5 Å². The molecule has 2 unspecified atom stereocenters. The predicted molar refractivity (Wildman–Crippen MR) is 66.3 cm³/mol. The molecular weight excluding hydrogens is 216 g/mol. The van der Waals surface area contributed by atoms with Gasteiger partial charge in [-0.05, 0) is 26.2 Å². The second kappa shape index (κ2) is 5.87. The molecule has 4 nitrogen and oxygen atoms in total. The Labute approximate surface area is 102 Å². The van der Waals surface area contributed by atoms with E-state index in [2.05, 4.69) is 4.98 Å². The minimum absolute atomic E-state index is 0.0909.